The summed E-state index contributed by atoms with van der Waals surface area (Å²) >= 11 is 0. The summed E-state index contributed by atoms with van der Waals surface area (Å²) < 4.78 is 3.59. The molecule has 0 N–H and O–H groups in total. The minimum Gasteiger partial charge on any atom is -0.336 e. The third kappa shape index (κ3) is 2.59. The first kappa shape index (κ1) is 14.3. The standard InChI is InChI=1S/C14H21N5O/c1-6-19-11(3)13(10(2)15-19)14(20)17(4)9-12-7-8-18(5)16-12/h7-8H,6,9H2,1-5H3. The molecule has 0 aliphatic rings. The van der Waals surface area contributed by atoms with Gasteiger partial charge in [0.2, 0.25) is 0 Å². The summed E-state index contributed by atoms with van der Waals surface area (Å²) in [4.78, 5) is 14.2. The highest BCUT2D eigenvalue weighted by atomic mass is 16.2. The molecule has 108 valence electrons. The number of nitrogens with zero attached hydrogens (tertiary/aromatic N) is 5. The smallest absolute Gasteiger partial charge is 0.257 e. The zero-order valence-electron chi connectivity index (χ0n) is 12.7. The minimum absolute atomic E-state index is 0.00893. The van der Waals surface area contributed by atoms with Gasteiger partial charge < -0.3 is 4.90 Å². The van der Waals surface area contributed by atoms with Crippen molar-refractivity contribution in [3.05, 3.63) is 34.9 Å². The molecule has 0 atom stereocenters. The number of amides is 1. The molecular weight excluding hydrogens is 254 g/mol. The van der Waals surface area contributed by atoms with Crippen LogP contribution < -0.4 is 0 Å². The fraction of sp³-hybridized carbons (Fsp3) is 0.500. The van der Waals surface area contributed by atoms with E-state index in [0.29, 0.717) is 12.1 Å². The van der Waals surface area contributed by atoms with Crippen LogP contribution in [0.15, 0.2) is 12.3 Å². The molecular formula is C14H21N5O. The van der Waals surface area contributed by atoms with Crippen molar-refractivity contribution in [2.75, 3.05) is 7.05 Å². The van der Waals surface area contributed by atoms with Gasteiger partial charge in [0.25, 0.3) is 5.91 Å². The Morgan fingerprint density at radius 3 is 2.55 bits per heavy atom. The molecule has 2 aromatic rings. The van der Waals surface area contributed by atoms with Crippen LogP contribution in [0.4, 0.5) is 0 Å². The van der Waals surface area contributed by atoms with Crippen molar-refractivity contribution in [1.29, 1.82) is 0 Å². The van der Waals surface area contributed by atoms with Gasteiger partial charge in [-0.15, -0.1) is 0 Å². The van der Waals surface area contributed by atoms with Crippen molar-refractivity contribution < 1.29 is 4.79 Å². The van der Waals surface area contributed by atoms with Crippen LogP contribution in [-0.2, 0) is 20.1 Å². The monoisotopic (exact) mass is 275 g/mol. The summed E-state index contributed by atoms with van der Waals surface area (Å²) in [6, 6.07) is 1.92. The lowest BCUT2D eigenvalue weighted by Gasteiger charge is -2.16. The van der Waals surface area contributed by atoms with E-state index in [0.717, 1.165) is 23.6 Å². The van der Waals surface area contributed by atoms with Crippen LogP contribution >= 0.6 is 0 Å². The van der Waals surface area contributed by atoms with Crippen LogP contribution in [0.2, 0.25) is 0 Å². The van der Waals surface area contributed by atoms with Gasteiger partial charge in [0.05, 0.1) is 23.5 Å². The van der Waals surface area contributed by atoms with E-state index >= 15 is 0 Å². The maximum atomic E-state index is 12.6. The van der Waals surface area contributed by atoms with Crippen LogP contribution in [-0.4, -0.2) is 37.4 Å². The summed E-state index contributed by atoms with van der Waals surface area (Å²) in [5.74, 6) is -0.00893. The Hall–Kier alpha value is -2.11. The van der Waals surface area contributed by atoms with Crippen molar-refractivity contribution in [1.82, 2.24) is 24.5 Å². The average Bonchev–Trinajstić information content (AvgIpc) is 2.92. The molecule has 6 nitrogen and oxygen atoms in total. The van der Waals surface area contributed by atoms with E-state index in [1.165, 1.54) is 0 Å². The molecule has 0 unspecified atom stereocenters. The first-order valence-corrected chi connectivity index (χ1v) is 6.72. The molecule has 0 aromatic carbocycles. The Morgan fingerprint density at radius 1 is 1.35 bits per heavy atom. The zero-order chi connectivity index (χ0) is 14.9. The molecule has 0 aliphatic heterocycles. The molecule has 0 radical (unpaired) electrons. The molecule has 2 aromatic heterocycles. The Balaban J connectivity index is 2.20. The Morgan fingerprint density at radius 2 is 2.05 bits per heavy atom. The summed E-state index contributed by atoms with van der Waals surface area (Å²) in [6.45, 7) is 7.09. The number of hydrogen-bond acceptors (Lipinski definition) is 3. The second kappa shape index (κ2) is 5.48. The third-order valence-corrected chi connectivity index (χ3v) is 3.41. The molecule has 1 amide bonds. The highest BCUT2D eigenvalue weighted by molar-refractivity contribution is 5.96. The molecule has 0 aliphatic carbocycles. The lowest BCUT2D eigenvalue weighted by Crippen LogP contribution is -2.27. The molecule has 0 saturated carbocycles. The maximum absolute atomic E-state index is 12.6. The van der Waals surface area contributed by atoms with Gasteiger partial charge in [-0.1, -0.05) is 0 Å². The Labute approximate surface area is 119 Å². The molecule has 6 heteroatoms. The van der Waals surface area contributed by atoms with Crippen molar-refractivity contribution >= 4 is 5.91 Å². The number of aromatic nitrogens is 4. The Kier molecular flexibility index (Phi) is 3.92. The maximum Gasteiger partial charge on any atom is 0.257 e. The largest absolute Gasteiger partial charge is 0.336 e. The topological polar surface area (TPSA) is 56.0 Å². The SMILES string of the molecule is CCn1nc(C)c(C(=O)N(C)Cc2ccn(C)n2)c1C. The lowest BCUT2D eigenvalue weighted by molar-refractivity contribution is 0.0781. The number of hydrogen-bond donors (Lipinski definition) is 0. The number of carbonyl (C=O) groups is 1. The van der Waals surface area contributed by atoms with Gasteiger partial charge in [-0.25, -0.2) is 0 Å². The second-order valence-corrected chi connectivity index (χ2v) is 5.00. The number of carbonyl (C=O) groups excluding carboxylic acids is 1. The van der Waals surface area contributed by atoms with Gasteiger partial charge in [0, 0.05) is 32.5 Å². The van der Waals surface area contributed by atoms with E-state index in [-0.39, 0.29) is 5.91 Å². The molecule has 0 saturated heterocycles. The van der Waals surface area contributed by atoms with Crippen LogP contribution in [0.5, 0.6) is 0 Å². The third-order valence-electron chi connectivity index (χ3n) is 3.41. The van der Waals surface area contributed by atoms with E-state index in [1.807, 2.05) is 44.8 Å². The molecule has 2 heterocycles. The van der Waals surface area contributed by atoms with Gasteiger partial charge in [-0.05, 0) is 26.8 Å². The van der Waals surface area contributed by atoms with Gasteiger partial charge in [0.1, 0.15) is 0 Å². The second-order valence-electron chi connectivity index (χ2n) is 5.00. The lowest BCUT2D eigenvalue weighted by atomic mass is 10.1. The molecule has 0 bridgehead atoms. The summed E-state index contributed by atoms with van der Waals surface area (Å²) in [5.41, 5.74) is 3.27. The minimum atomic E-state index is -0.00893. The predicted molar refractivity (Wildman–Crippen MR) is 76.4 cm³/mol. The first-order chi connectivity index (χ1) is 9.43. The van der Waals surface area contributed by atoms with E-state index in [1.54, 1.807) is 16.6 Å². The fourth-order valence-corrected chi connectivity index (χ4v) is 2.37. The van der Waals surface area contributed by atoms with Gasteiger partial charge in [-0.3, -0.25) is 14.2 Å². The normalized spacial score (nSPS) is 10.8. The number of rotatable bonds is 4. The van der Waals surface area contributed by atoms with E-state index in [4.69, 9.17) is 0 Å². The van der Waals surface area contributed by atoms with Crippen LogP contribution in [0, 0.1) is 13.8 Å². The van der Waals surface area contributed by atoms with Crippen molar-refractivity contribution in [3.63, 3.8) is 0 Å². The van der Waals surface area contributed by atoms with Crippen LogP contribution in [0.1, 0.15) is 34.4 Å². The predicted octanol–water partition coefficient (Wildman–Crippen LogP) is 1.53. The van der Waals surface area contributed by atoms with Gasteiger partial charge in [0.15, 0.2) is 0 Å². The van der Waals surface area contributed by atoms with Crippen molar-refractivity contribution in [2.24, 2.45) is 7.05 Å². The summed E-state index contributed by atoms with van der Waals surface area (Å²) in [5, 5.41) is 8.69. The van der Waals surface area contributed by atoms with Crippen molar-refractivity contribution in [3.8, 4) is 0 Å². The average molecular weight is 275 g/mol. The van der Waals surface area contributed by atoms with Gasteiger partial charge >= 0.3 is 0 Å². The van der Waals surface area contributed by atoms with E-state index in [2.05, 4.69) is 10.2 Å². The molecule has 0 fully saturated rings. The summed E-state index contributed by atoms with van der Waals surface area (Å²) in [6.07, 6.45) is 1.87. The first-order valence-electron chi connectivity index (χ1n) is 6.72. The van der Waals surface area contributed by atoms with Crippen molar-refractivity contribution in [2.45, 2.75) is 33.9 Å². The molecule has 0 spiro atoms. The number of aryl methyl sites for hydroxylation is 3. The zero-order valence-corrected chi connectivity index (χ0v) is 12.7. The van der Waals surface area contributed by atoms with E-state index < -0.39 is 0 Å². The van der Waals surface area contributed by atoms with Crippen LogP contribution in [0.25, 0.3) is 0 Å². The fourth-order valence-electron chi connectivity index (χ4n) is 2.37. The highest BCUT2D eigenvalue weighted by Crippen LogP contribution is 2.16. The quantitative estimate of drug-likeness (QED) is 0.850. The molecule has 2 rings (SSSR count). The highest BCUT2D eigenvalue weighted by Gasteiger charge is 2.21. The Bertz CT molecular complexity index is 626. The summed E-state index contributed by atoms with van der Waals surface area (Å²) in [7, 11) is 3.66. The molecule has 20 heavy (non-hydrogen) atoms. The van der Waals surface area contributed by atoms with Crippen LogP contribution in [0.3, 0.4) is 0 Å². The van der Waals surface area contributed by atoms with E-state index in [9.17, 15) is 4.79 Å². The van der Waals surface area contributed by atoms with Gasteiger partial charge in [-0.2, -0.15) is 10.2 Å².